The highest BCUT2D eigenvalue weighted by atomic mass is 16.7. The van der Waals surface area contributed by atoms with E-state index in [1.807, 2.05) is 13.8 Å². The van der Waals surface area contributed by atoms with E-state index in [9.17, 15) is 9.90 Å². The number of hydrogen-bond donors (Lipinski definition) is 1. The summed E-state index contributed by atoms with van der Waals surface area (Å²) < 4.78 is 11.0. The first-order chi connectivity index (χ1) is 7.43. The predicted molar refractivity (Wildman–Crippen MR) is 60.0 cm³/mol. The predicted octanol–water partition coefficient (Wildman–Crippen LogP) is 1.51. The van der Waals surface area contributed by atoms with Crippen molar-refractivity contribution in [3.05, 3.63) is 0 Å². The van der Waals surface area contributed by atoms with Gasteiger partial charge in [-0.3, -0.25) is 4.79 Å². The van der Waals surface area contributed by atoms with Gasteiger partial charge < -0.3 is 14.6 Å². The Balaban J connectivity index is 2.28. The van der Waals surface area contributed by atoms with Crippen LogP contribution in [-0.4, -0.2) is 36.0 Å². The van der Waals surface area contributed by atoms with Crippen molar-refractivity contribution in [1.29, 1.82) is 0 Å². The number of Topliss-reactive ketones (excluding diaryl/α,β-unsaturated/α-hetero) is 1. The molecule has 0 aliphatic carbocycles. The summed E-state index contributed by atoms with van der Waals surface area (Å²) in [6, 6.07) is 0. The van der Waals surface area contributed by atoms with Crippen molar-refractivity contribution in [2.75, 3.05) is 13.2 Å². The normalized spacial score (nSPS) is 23.0. The van der Waals surface area contributed by atoms with Crippen LogP contribution in [0.1, 0.15) is 40.0 Å². The van der Waals surface area contributed by atoms with Crippen LogP contribution < -0.4 is 0 Å². The van der Waals surface area contributed by atoms with Gasteiger partial charge in [0.1, 0.15) is 5.78 Å². The third kappa shape index (κ3) is 4.20. The summed E-state index contributed by atoms with van der Waals surface area (Å²) >= 11 is 0. The lowest BCUT2D eigenvalue weighted by molar-refractivity contribution is -0.150. The Bertz CT molecular complexity index is 233. The Morgan fingerprint density at radius 1 is 1.44 bits per heavy atom. The molecule has 1 aliphatic heterocycles. The molecule has 1 heterocycles. The van der Waals surface area contributed by atoms with Crippen molar-refractivity contribution >= 4 is 5.78 Å². The number of carbonyl (C=O) groups excluding carboxylic acids is 1. The van der Waals surface area contributed by atoms with E-state index in [4.69, 9.17) is 9.47 Å². The molecule has 1 rings (SSSR count). The van der Waals surface area contributed by atoms with Gasteiger partial charge in [0.25, 0.3) is 0 Å². The summed E-state index contributed by atoms with van der Waals surface area (Å²) in [5.41, 5.74) is 0. The Labute approximate surface area is 96.9 Å². The maximum Gasteiger partial charge on any atom is 0.165 e. The minimum Gasteiger partial charge on any atom is -0.392 e. The lowest BCUT2D eigenvalue weighted by Crippen LogP contribution is -2.28. The van der Waals surface area contributed by atoms with Crippen LogP contribution in [0, 0.1) is 5.92 Å². The molecular weight excluding hydrogens is 208 g/mol. The van der Waals surface area contributed by atoms with Crippen molar-refractivity contribution < 1.29 is 19.4 Å². The van der Waals surface area contributed by atoms with Gasteiger partial charge in [-0.15, -0.1) is 0 Å². The van der Waals surface area contributed by atoms with Crippen LogP contribution in [0.5, 0.6) is 0 Å². The molecule has 1 saturated heterocycles. The molecule has 0 spiro atoms. The average molecular weight is 230 g/mol. The number of ketones is 1. The van der Waals surface area contributed by atoms with Crippen molar-refractivity contribution in [2.45, 2.75) is 51.9 Å². The Kier molecular flexibility index (Phi) is 4.89. The minimum absolute atomic E-state index is 0.0268. The molecule has 0 radical (unpaired) electrons. The van der Waals surface area contributed by atoms with E-state index in [0.717, 1.165) is 12.8 Å². The zero-order valence-corrected chi connectivity index (χ0v) is 10.4. The smallest absolute Gasteiger partial charge is 0.165 e. The molecule has 0 aromatic heterocycles. The van der Waals surface area contributed by atoms with Crippen molar-refractivity contribution in [3.8, 4) is 0 Å². The molecule has 16 heavy (non-hydrogen) atoms. The lowest BCUT2D eigenvalue weighted by atomic mass is 9.93. The number of aliphatic hydroxyl groups excluding tert-OH is 1. The average Bonchev–Trinajstić information content (AvgIpc) is 2.61. The number of aliphatic hydroxyl groups is 1. The van der Waals surface area contributed by atoms with Crippen LogP contribution in [0.15, 0.2) is 0 Å². The van der Waals surface area contributed by atoms with Crippen LogP contribution in [0.25, 0.3) is 0 Å². The van der Waals surface area contributed by atoms with E-state index in [-0.39, 0.29) is 18.1 Å². The molecule has 0 saturated carbocycles. The number of hydrogen-bond acceptors (Lipinski definition) is 4. The number of carbonyl (C=O) groups is 1. The monoisotopic (exact) mass is 230 g/mol. The van der Waals surface area contributed by atoms with Gasteiger partial charge >= 0.3 is 0 Å². The van der Waals surface area contributed by atoms with Gasteiger partial charge in [0.05, 0.1) is 19.3 Å². The molecule has 94 valence electrons. The molecule has 0 aromatic rings. The quantitative estimate of drug-likeness (QED) is 0.751. The van der Waals surface area contributed by atoms with Gasteiger partial charge in [0.15, 0.2) is 5.79 Å². The molecule has 4 heteroatoms. The van der Waals surface area contributed by atoms with Gasteiger partial charge in [0, 0.05) is 12.8 Å². The fraction of sp³-hybridized carbons (Fsp3) is 0.917. The third-order valence-corrected chi connectivity index (χ3v) is 3.11. The van der Waals surface area contributed by atoms with Crippen LogP contribution in [-0.2, 0) is 14.3 Å². The molecule has 2 atom stereocenters. The van der Waals surface area contributed by atoms with E-state index < -0.39 is 11.9 Å². The van der Waals surface area contributed by atoms with Gasteiger partial charge in [-0.25, -0.2) is 0 Å². The van der Waals surface area contributed by atoms with Gasteiger partial charge in [-0.05, 0) is 26.2 Å². The fourth-order valence-electron chi connectivity index (χ4n) is 1.88. The summed E-state index contributed by atoms with van der Waals surface area (Å²) in [7, 11) is 0. The highest BCUT2D eigenvalue weighted by Crippen LogP contribution is 2.27. The molecule has 0 aromatic carbocycles. The second kappa shape index (κ2) is 5.75. The molecule has 0 amide bonds. The summed E-state index contributed by atoms with van der Waals surface area (Å²) in [6.45, 7) is 6.65. The fourth-order valence-corrected chi connectivity index (χ4v) is 1.88. The molecule has 1 N–H and O–H groups in total. The molecule has 1 fully saturated rings. The summed E-state index contributed by atoms with van der Waals surface area (Å²) in [5.74, 6) is -0.378. The molecule has 0 bridgehead atoms. The summed E-state index contributed by atoms with van der Waals surface area (Å²) in [4.78, 5) is 10.9. The highest BCUT2D eigenvalue weighted by Gasteiger charge is 2.31. The molecule has 0 unspecified atom stereocenters. The summed E-state index contributed by atoms with van der Waals surface area (Å²) in [5, 5.41) is 9.74. The van der Waals surface area contributed by atoms with Crippen LogP contribution in [0.4, 0.5) is 0 Å². The van der Waals surface area contributed by atoms with Gasteiger partial charge in [-0.2, -0.15) is 0 Å². The lowest BCUT2D eigenvalue weighted by Gasteiger charge is -2.25. The topological polar surface area (TPSA) is 55.8 Å². The molecule has 1 aliphatic rings. The minimum atomic E-state index is -0.553. The largest absolute Gasteiger partial charge is 0.392 e. The Hall–Kier alpha value is -0.450. The van der Waals surface area contributed by atoms with Crippen LogP contribution >= 0.6 is 0 Å². The second-order valence-corrected chi connectivity index (χ2v) is 4.82. The van der Waals surface area contributed by atoms with Crippen molar-refractivity contribution in [1.82, 2.24) is 0 Å². The Morgan fingerprint density at radius 2 is 2.00 bits per heavy atom. The number of rotatable bonds is 6. The standard InChI is InChI=1S/C12H22O4/c1-9(11(14)8-10(2)13)4-5-12(3)15-6-7-16-12/h9,11,14H,4-8H2,1-3H3/t9-,11-/m0/s1. The maximum atomic E-state index is 10.9. The second-order valence-electron chi connectivity index (χ2n) is 4.82. The zero-order chi connectivity index (χ0) is 12.2. The van der Waals surface area contributed by atoms with E-state index in [2.05, 4.69) is 0 Å². The van der Waals surface area contributed by atoms with Crippen molar-refractivity contribution in [3.63, 3.8) is 0 Å². The first-order valence-electron chi connectivity index (χ1n) is 5.88. The number of ether oxygens (including phenoxy) is 2. The van der Waals surface area contributed by atoms with E-state index >= 15 is 0 Å². The zero-order valence-electron chi connectivity index (χ0n) is 10.4. The van der Waals surface area contributed by atoms with Crippen LogP contribution in [0.2, 0.25) is 0 Å². The van der Waals surface area contributed by atoms with E-state index in [0.29, 0.717) is 13.2 Å². The van der Waals surface area contributed by atoms with E-state index in [1.165, 1.54) is 6.92 Å². The maximum absolute atomic E-state index is 10.9. The Morgan fingerprint density at radius 3 is 2.50 bits per heavy atom. The first kappa shape index (κ1) is 13.6. The summed E-state index contributed by atoms with van der Waals surface area (Å²) in [6.07, 6.45) is 1.23. The van der Waals surface area contributed by atoms with E-state index in [1.54, 1.807) is 0 Å². The SMILES string of the molecule is CC(=O)C[C@H](O)[C@@H](C)CCC1(C)OCCO1. The molecular formula is C12H22O4. The van der Waals surface area contributed by atoms with Crippen LogP contribution in [0.3, 0.4) is 0 Å². The molecule has 4 nitrogen and oxygen atoms in total. The van der Waals surface area contributed by atoms with Crippen molar-refractivity contribution in [2.24, 2.45) is 5.92 Å². The van der Waals surface area contributed by atoms with Gasteiger partial charge in [0.2, 0.25) is 0 Å². The third-order valence-electron chi connectivity index (χ3n) is 3.11. The highest BCUT2D eigenvalue weighted by molar-refractivity contribution is 5.75. The first-order valence-corrected chi connectivity index (χ1v) is 5.88. The van der Waals surface area contributed by atoms with Gasteiger partial charge in [-0.1, -0.05) is 6.92 Å².